The van der Waals surface area contributed by atoms with E-state index < -0.39 is 0 Å². The van der Waals surface area contributed by atoms with Gasteiger partial charge in [0.2, 0.25) is 5.91 Å². The zero-order chi connectivity index (χ0) is 34.9. The number of nitrogens with zero attached hydrogens (tertiary/aromatic N) is 3. The van der Waals surface area contributed by atoms with Crippen molar-refractivity contribution in [2.24, 2.45) is 29.1 Å². The number of likely N-dealkylation sites (tertiary alicyclic amines) is 1. The van der Waals surface area contributed by atoms with Crippen molar-refractivity contribution in [3.63, 3.8) is 0 Å². The molecule has 2 aromatic carbocycles. The van der Waals surface area contributed by atoms with Crippen molar-refractivity contribution in [1.29, 1.82) is 0 Å². The number of methoxy groups -OCH3 is 1. The number of hydrogen-bond acceptors (Lipinski definition) is 7. The Kier molecular flexibility index (Phi) is 10.9. The Morgan fingerprint density at radius 2 is 1.86 bits per heavy atom. The van der Waals surface area contributed by atoms with Crippen LogP contribution in [0.15, 0.2) is 36.4 Å². The van der Waals surface area contributed by atoms with Crippen LogP contribution in [0, 0.1) is 29.1 Å². The van der Waals surface area contributed by atoms with Crippen molar-refractivity contribution in [3.8, 4) is 16.9 Å². The highest BCUT2D eigenvalue weighted by Crippen LogP contribution is 2.61. The molecule has 2 saturated heterocycles. The largest absolute Gasteiger partial charge is 0.496 e. The summed E-state index contributed by atoms with van der Waals surface area (Å²) in [6.07, 6.45) is 6.98. The lowest BCUT2D eigenvalue weighted by Gasteiger charge is -2.62. The zero-order valence-electron chi connectivity index (χ0n) is 30.9. The van der Waals surface area contributed by atoms with Gasteiger partial charge in [0.15, 0.2) is 0 Å². The fraction of sp³-hybridized carbons (Fsp3) is 0.650. The van der Waals surface area contributed by atoms with Gasteiger partial charge < -0.3 is 25.2 Å². The molecule has 3 saturated carbocycles. The molecule has 0 aromatic heterocycles. The van der Waals surface area contributed by atoms with E-state index in [0.29, 0.717) is 48.4 Å². The quantitative estimate of drug-likeness (QED) is 0.287. The van der Waals surface area contributed by atoms with Gasteiger partial charge in [0.05, 0.1) is 20.3 Å². The van der Waals surface area contributed by atoms with E-state index in [-0.39, 0.29) is 29.8 Å². The summed E-state index contributed by atoms with van der Waals surface area (Å²) in [6.45, 7) is 13.9. The Morgan fingerprint density at radius 1 is 1.08 bits per heavy atom. The predicted octanol–water partition coefficient (Wildman–Crippen LogP) is 5.97. The second-order valence-corrected chi connectivity index (χ2v) is 15.9. The Labute approximate surface area is 294 Å². The minimum absolute atomic E-state index is 0.0739. The number of nitrogens with one attached hydrogen (secondary N) is 2. The highest BCUT2D eigenvalue weighted by atomic mass is 16.7. The zero-order valence-corrected chi connectivity index (χ0v) is 30.9. The van der Waals surface area contributed by atoms with Crippen molar-refractivity contribution in [1.82, 2.24) is 20.6 Å². The van der Waals surface area contributed by atoms with Gasteiger partial charge >= 0.3 is 0 Å². The van der Waals surface area contributed by atoms with Gasteiger partial charge in [-0.05, 0) is 92.1 Å². The van der Waals surface area contributed by atoms with Crippen molar-refractivity contribution < 1.29 is 19.2 Å². The summed E-state index contributed by atoms with van der Waals surface area (Å²) in [7, 11) is 5.67. The van der Waals surface area contributed by atoms with Gasteiger partial charge in [-0.25, -0.2) is 0 Å². The maximum atomic E-state index is 14.0. The smallest absolute Gasteiger partial charge is 0.251 e. The lowest BCUT2D eigenvalue weighted by molar-refractivity contribution is -0.161. The molecule has 2 bridgehead atoms. The fourth-order valence-electron chi connectivity index (χ4n) is 9.15. The third-order valence-corrected chi connectivity index (χ3v) is 12.5. The molecule has 2 aromatic rings. The lowest BCUT2D eigenvalue weighted by atomic mass is 9.45. The molecule has 5 aliphatic rings. The average Bonchev–Trinajstić information content (AvgIpc) is 3.51. The van der Waals surface area contributed by atoms with Gasteiger partial charge in [0.25, 0.3) is 5.91 Å². The maximum Gasteiger partial charge on any atom is 0.251 e. The number of hydrogen-bond donors (Lipinski definition) is 2. The number of carbonyl (C=O) groups excluding carboxylic acids is 2. The van der Waals surface area contributed by atoms with Crippen LogP contribution >= 0.6 is 0 Å². The van der Waals surface area contributed by atoms with E-state index >= 15 is 0 Å². The highest BCUT2D eigenvalue weighted by molar-refractivity contribution is 5.97. The van der Waals surface area contributed by atoms with Gasteiger partial charge in [-0.15, -0.1) is 0 Å². The number of rotatable bonds is 12. The van der Waals surface area contributed by atoms with Crippen LogP contribution in [0.5, 0.6) is 5.75 Å². The van der Waals surface area contributed by atoms with Crippen molar-refractivity contribution in [2.45, 2.75) is 84.8 Å². The number of carbonyl (C=O) groups is 2. The number of fused-ring (bicyclic) bond motifs is 2. The normalized spacial score (nSPS) is 28.1. The van der Waals surface area contributed by atoms with Crippen LogP contribution in [0.1, 0.15) is 82.1 Å². The monoisotopic (exact) mass is 673 g/mol. The minimum atomic E-state index is -0.367. The van der Waals surface area contributed by atoms with E-state index in [1.807, 2.05) is 54.4 Å². The minimum Gasteiger partial charge on any atom is -0.496 e. The molecule has 3 aliphatic carbocycles. The van der Waals surface area contributed by atoms with Crippen LogP contribution < -0.4 is 20.3 Å². The highest BCUT2D eigenvalue weighted by Gasteiger charge is 2.56. The van der Waals surface area contributed by atoms with Gasteiger partial charge in [0, 0.05) is 61.5 Å². The Bertz CT molecular complexity index is 1490. The summed E-state index contributed by atoms with van der Waals surface area (Å²) < 4.78 is 6.09. The number of hydroxylamine groups is 2. The molecule has 0 spiro atoms. The van der Waals surface area contributed by atoms with E-state index in [2.05, 4.69) is 49.3 Å². The van der Waals surface area contributed by atoms with Gasteiger partial charge in [-0.2, -0.15) is 5.06 Å². The molecule has 9 nitrogen and oxygen atoms in total. The van der Waals surface area contributed by atoms with Crippen LogP contribution in [-0.4, -0.2) is 87.9 Å². The summed E-state index contributed by atoms with van der Waals surface area (Å²) in [5, 5.41) is 8.51. The topological polar surface area (TPSA) is 86.4 Å². The Balaban J connectivity index is 1.20. The van der Waals surface area contributed by atoms with Crippen LogP contribution in [-0.2, 0) is 16.2 Å². The molecule has 2 heterocycles. The third kappa shape index (κ3) is 7.35. The van der Waals surface area contributed by atoms with E-state index in [4.69, 9.17) is 9.57 Å². The molecule has 6 atom stereocenters. The molecule has 268 valence electrons. The summed E-state index contributed by atoms with van der Waals surface area (Å²) in [5.74, 6) is 2.66. The molecular weight excluding hydrogens is 614 g/mol. The van der Waals surface area contributed by atoms with E-state index in [0.717, 1.165) is 60.6 Å². The molecule has 5 fully saturated rings. The van der Waals surface area contributed by atoms with Crippen molar-refractivity contribution in [2.75, 3.05) is 58.9 Å². The molecule has 0 unspecified atom stereocenters. The molecule has 0 radical (unpaired) electrons. The number of para-hydroxylation sites is 1. The van der Waals surface area contributed by atoms with E-state index in [9.17, 15) is 9.59 Å². The van der Waals surface area contributed by atoms with Gasteiger partial charge in [-0.3, -0.25) is 14.4 Å². The number of anilines is 1. The van der Waals surface area contributed by atoms with E-state index in [1.165, 1.54) is 25.7 Å². The third-order valence-electron chi connectivity index (χ3n) is 12.5. The van der Waals surface area contributed by atoms with Crippen molar-refractivity contribution >= 4 is 17.5 Å². The van der Waals surface area contributed by atoms with E-state index in [1.54, 1.807) is 7.11 Å². The number of benzene rings is 2. The van der Waals surface area contributed by atoms with Crippen LogP contribution in [0.3, 0.4) is 0 Å². The van der Waals surface area contributed by atoms with Crippen molar-refractivity contribution in [3.05, 3.63) is 47.5 Å². The SMILES string of the molecule is CC[C@H]1CON(Cc2cccc(-c3cc(C(=O)NCCN4CCCCC4)cc(N(C)C)c3)c2OC)[C@@H]1C(=O)N[C@H]1C[C@H]2C[C@@H]([C@@H]1C)C2(C)C. The first kappa shape index (κ1) is 35.7. The fourth-order valence-corrected chi connectivity index (χ4v) is 9.15. The van der Waals surface area contributed by atoms with Gasteiger partial charge in [-0.1, -0.05) is 52.3 Å². The second kappa shape index (κ2) is 15.0. The van der Waals surface area contributed by atoms with Crippen LogP contribution in [0.2, 0.25) is 0 Å². The summed E-state index contributed by atoms with van der Waals surface area (Å²) in [6, 6.07) is 11.9. The lowest BCUT2D eigenvalue weighted by Crippen LogP contribution is -2.62. The molecule has 49 heavy (non-hydrogen) atoms. The predicted molar refractivity (Wildman–Crippen MR) is 196 cm³/mol. The summed E-state index contributed by atoms with van der Waals surface area (Å²) >= 11 is 0. The van der Waals surface area contributed by atoms with Crippen LogP contribution in [0.4, 0.5) is 5.69 Å². The average molecular weight is 674 g/mol. The molecule has 2 N–H and O–H groups in total. The standard InChI is InChI=1S/C40H59N5O4/c1-8-27-25-49-45(36(27)39(47)42-35-23-31-22-34(26(35)2)40(31,3)4)24-28-13-12-14-33(37(28)48-7)29-19-30(21-32(20-29)43(5)6)38(46)41-15-18-44-16-10-9-11-17-44/h12-14,19-21,26-27,31,34-36H,8-11,15-18,22-25H2,1-7H3,(H,41,46)(H,42,47)/t26-,27-,31+,34-,35-,36-/m0/s1. The first-order valence-corrected chi connectivity index (χ1v) is 18.7. The molecule has 2 aliphatic heterocycles. The summed E-state index contributed by atoms with van der Waals surface area (Å²) in [5.41, 5.74) is 4.68. The Morgan fingerprint density at radius 3 is 2.53 bits per heavy atom. The Hall–Kier alpha value is -3.14. The summed E-state index contributed by atoms with van der Waals surface area (Å²) in [4.78, 5) is 38.2. The first-order chi connectivity index (χ1) is 23.5. The molecular formula is C40H59N5O4. The number of amides is 2. The molecule has 7 rings (SSSR count). The number of ether oxygens (including phenoxy) is 1. The first-order valence-electron chi connectivity index (χ1n) is 18.7. The van der Waals surface area contributed by atoms with Gasteiger partial charge in [0.1, 0.15) is 11.8 Å². The van der Waals surface area contributed by atoms with Crippen LogP contribution in [0.25, 0.3) is 11.1 Å². The molecule has 2 amide bonds. The molecule has 9 heteroatoms. The second-order valence-electron chi connectivity index (χ2n) is 15.9. The number of piperidine rings is 1. The maximum absolute atomic E-state index is 14.0.